The lowest BCUT2D eigenvalue weighted by atomic mass is 10.0. The van der Waals surface area contributed by atoms with Crippen molar-refractivity contribution >= 4 is 23.2 Å². The summed E-state index contributed by atoms with van der Waals surface area (Å²) < 4.78 is 38.6. The van der Waals surface area contributed by atoms with Crippen molar-refractivity contribution in [3.05, 3.63) is 57.8 Å². The van der Waals surface area contributed by atoms with Gasteiger partial charge in [0.05, 0.1) is 10.0 Å². The first-order valence-corrected chi connectivity index (χ1v) is 5.78. The van der Waals surface area contributed by atoms with E-state index in [2.05, 4.69) is 0 Å². The van der Waals surface area contributed by atoms with Crippen LogP contribution in [0.25, 0.3) is 11.1 Å². The lowest BCUT2D eigenvalue weighted by molar-refractivity contribution is 0.151. The number of halogens is 5. The van der Waals surface area contributed by atoms with E-state index in [4.69, 9.17) is 23.2 Å². The topological polar surface area (TPSA) is 0 Å². The van der Waals surface area contributed by atoms with Crippen molar-refractivity contribution in [2.45, 2.75) is 6.43 Å². The molecule has 0 nitrogen and oxygen atoms in total. The molecule has 0 saturated carbocycles. The molecular weight excluding hydrogens is 284 g/mol. The van der Waals surface area contributed by atoms with E-state index in [0.29, 0.717) is 5.56 Å². The maximum Gasteiger partial charge on any atom is 0.263 e. The molecule has 0 amide bonds. The molecule has 0 atom stereocenters. The van der Waals surface area contributed by atoms with E-state index in [1.54, 1.807) is 18.2 Å². The fraction of sp³-hybridized carbons (Fsp3) is 0.0769. The Morgan fingerprint density at radius 3 is 2.28 bits per heavy atom. The van der Waals surface area contributed by atoms with Gasteiger partial charge in [0, 0.05) is 16.7 Å². The molecule has 0 unspecified atom stereocenters. The quantitative estimate of drug-likeness (QED) is 0.662. The highest BCUT2D eigenvalue weighted by atomic mass is 35.5. The van der Waals surface area contributed by atoms with Gasteiger partial charge in [-0.25, -0.2) is 13.2 Å². The third kappa shape index (κ3) is 2.47. The fourth-order valence-electron chi connectivity index (χ4n) is 1.60. The highest BCUT2D eigenvalue weighted by Crippen LogP contribution is 2.35. The van der Waals surface area contributed by atoms with E-state index in [-0.39, 0.29) is 21.2 Å². The van der Waals surface area contributed by atoms with Crippen LogP contribution in [0.4, 0.5) is 13.2 Å². The van der Waals surface area contributed by atoms with E-state index in [1.807, 2.05) is 0 Å². The van der Waals surface area contributed by atoms with Gasteiger partial charge in [0.25, 0.3) is 6.43 Å². The Balaban J connectivity index is 2.55. The van der Waals surface area contributed by atoms with E-state index in [1.165, 1.54) is 12.1 Å². The summed E-state index contributed by atoms with van der Waals surface area (Å²) in [6.45, 7) is 0. The second-order valence-corrected chi connectivity index (χ2v) is 4.43. The van der Waals surface area contributed by atoms with Crippen LogP contribution in [0.5, 0.6) is 0 Å². The van der Waals surface area contributed by atoms with Gasteiger partial charge in [0.1, 0.15) is 5.82 Å². The Morgan fingerprint density at radius 2 is 1.67 bits per heavy atom. The lowest BCUT2D eigenvalue weighted by Crippen LogP contribution is -1.90. The zero-order valence-electron chi connectivity index (χ0n) is 8.93. The molecule has 94 valence electrons. The summed E-state index contributed by atoms with van der Waals surface area (Å²) in [4.78, 5) is 0. The molecule has 0 fully saturated rings. The first-order valence-electron chi connectivity index (χ1n) is 5.02. The Hall–Kier alpha value is -1.19. The van der Waals surface area contributed by atoms with E-state index < -0.39 is 12.2 Å². The normalized spacial score (nSPS) is 11.0. The molecule has 5 heteroatoms. The van der Waals surface area contributed by atoms with Gasteiger partial charge in [-0.15, -0.1) is 0 Å². The molecule has 0 aliphatic rings. The predicted octanol–water partition coefficient (Wildman–Crippen LogP) is 5.74. The SMILES string of the molecule is Fc1cc(C(F)F)ccc1-c1cccc(Cl)c1Cl. The zero-order valence-corrected chi connectivity index (χ0v) is 10.4. The first-order chi connectivity index (χ1) is 8.50. The number of rotatable bonds is 2. The highest BCUT2D eigenvalue weighted by Gasteiger charge is 2.14. The molecule has 0 saturated heterocycles. The number of benzene rings is 2. The van der Waals surface area contributed by atoms with Gasteiger partial charge in [-0.2, -0.15) is 0 Å². The van der Waals surface area contributed by atoms with Crippen molar-refractivity contribution in [3.8, 4) is 11.1 Å². The van der Waals surface area contributed by atoms with Crippen LogP contribution in [0.15, 0.2) is 36.4 Å². The molecule has 0 aliphatic heterocycles. The Morgan fingerprint density at radius 1 is 0.944 bits per heavy atom. The standard InChI is InChI=1S/C13H7Cl2F3/c14-10-3-1-2-9(12(10)15)8-5-4-7(13(17)18)6-11(8)16/h1-6,13H. The predicted molar refractivity (Wildman–Crippen MR) is 66.8 cm³/mol. The van der Waals surface area contributed by atoms with Gasteiger partial charge in [0.2, 0.25) is 0 Å². The first kappa shape index (κ1) is 13.2. The van der Waals surface area contributed by atoms with E-state index in [0.717, 1.165) is 6.07 Å². The van der Waals surface area contributed by atoms with Crippen molar-refractivity contribution in [3.63, 3.8) is 0 Å². The fourth-order valence-corrected chi connectivity index (χ4v) is 2.00. The molecule has 0 bridgehead atoms. The third-order valence-electron chi connectivity index (χ3n) is 2.49. The minimum Gasteiger partial charge on any atom is -0.206 e. The number of alkyl halides is 2. The second kappa shape index (κ2) is 5.21. The Labute approximate surface area is 112 Å². The molecule has 0 spiro atoms. The summed E-state index contributed by atoms with van der Waals surface area (Å²) in [5.74, 6) is -0.753. The van der Waals surface area contributed by atoms with Crippen LogP contribution >= 0.6 is 23.2 Å². The Bertz CT molecular complexity index is 582. The third-order valence-corrected chi connectivity index (χ3v) is 3.31. The minimum atomic E-state index is -2.71. The van der Waals surface area contributed by atoms with Crippen LogP contribution in [-0.2, 0) is 0 Å². The molecule has 2 rings (SSSR count). The number of hydrogen-bond donors (Lipinski definition) is 0. The van der Waals surface area contributed by atoms with Gasteiger partial charge >= 0.3 is 0 Å². The molecule has 0 N–H and O–H groups in total. The van der Waals surface area contributed by atoms with Crippen molar-refractivity contribution in [1.82, 2.24) is 0 Å². The summed E-state index contributed by atoms with van der Waals surface area (Å²) in [5, 5.41) is 0.481. The highest BCUT2D eigenvalue weighted by molar-refractivity contribution is 6.43. The summed E-state index contributed by atoms with van der Waals surface area (Å²) >= 11 is 11.8. The molecule has 0 heterocycles. The molecule has 0 aliphatic carbocycles. The monoisotopic (exact) mass is 290 g/mol. The van der Waals surface area contributed by atoms with Crippen LogP contribution in [0.1, 0.15) is 12.0 Å². The van der Waals surface area contributed by atoms with Crippen LogP contribution in [-0.4, -0.2) is 0 Å². The van der Waals surface area contributed by atoms with Crippen molar-refractivity contribution in [1.29, 1.82) is 0 Å². The second-order valence-electron chi connectivity index (χ2n) is 3.64. The Kier molecular flexibility index (Phi) is 3.83. The zero-order chi connectivity index (χ0) is 13.3. The smallest absolute Gasteiger partial charge is 0.206 e. The largest absolute Gasteiger partial charge is 0.263 e. The van der Waals surface area contributed by atoms with Gasteiger partial charge in [0.15, 0.2) is 0 Å². The molecule has 18 heavy (non-hydrogen) atoms. The van der Waals surface area contributed by atoms with Crippen molar-refractivity contribution < 1.29 is 13.2 Å². The molecular formula is C13H7Cl2F3. The summed E-state index contributed by atoms with van der Waals surface area (Å²) in [7, 11) is 0. The van der Waals surface area contributed by atoms with Crippen molar-refractivity contribution in [2.75, 3.05) is 0 Å². The summed E-state index contributed by atoms with van der Waals surface area (Å²) in [6, 6.07) is 8.00. The summed E-state index contributed by atoms with van der Waals surface area (Å²) in [5.41, 5.74) is 0.156. The minimum absolute atomic E-state index is 0.145. The summed E-state index contributed by atoms with van der Waals surface area (Å²) in [6.07, 6.45) is -2.71. The average molecular weight is 291 g/mol. The average Bonchev–Trinajstić information content (AvgIpc) is 2.33. The van der Waals surface area contributed by atoms with Crippen LogP contribution in [0.3, 0.4) is 0 Å². The van der Waals surface area contributed by atoms with Gasteiger partial charge in [-0.3, -0.25) is 0 Å². The van der Waals surface area contributed by atoms with Crippen molar-refractivity contribution in [2.24, 2.45) is 0 Å². The maximum absolute atomic E-state index is 13.8. The number of hydrogen-bond acceptors (Lipinski definition) is 0. The van der Waals surface area contributed by atoms with Gasteiger partial charge in [-0.1, -0.05) is 47.5 Å². The van der Waals surface area contributed by atoms with E-state index in [9.17, 15) is 13.2 Å². The molecule has 2 aromatic rings. The van der Waals surface area contributed by atoms with Crippen LogP contribution < -0.4 is 0 Å². The molecule has 0 radical (unpaired) electrons. The van der Waals surface area contributed by atoms with Crippen LogP contribution in [0.2, 0.25) is 10.0 Å². The van der Waals surface area contributed by atoms with Gasteiger partial charge in [-0.05, 0) is 12.1 Å². The van der Waals surface area contributed by atoms with E-state index >= 15 is 0 Å². The van der Waals surface area contributed by atoms with Gasteiger partial charge < -0.3 is 0 Å². The maximum atomic E-state index is 13.8. The van der Waals surface area contributed by atoms with Crippen LogP contribution in [0, 0.1) is 5.82 Å². The molecule has 2 aromatic carbocycles. The molecule has 0 aromatic heterocycles. The lowest BCUT2D eigenvalue weighted by Gasteiger charge is -2.08.